The molecule has 2 N–H and O–H groups in total. The van der Waals surface area contributed by atoms with E-state index < -0.39 is 0 Å². The van der Waals surface area contributed by atoms with Gasteiger partial charge in [-0.1, -0.05) is 30.3 Å². The number of carbonyl (C=O) groups excluding carboxylic acids is 2. The first-order valence-electron chi connectivity index (χ1n) is 9.93. The van der Waals surface area contributed by atoms with Crippen LogP contribution in [0.15, 0.2) is 48.7 Å². The normalized spacial score (nSPS) is 19.8. The zero-order valence-corrected chi connectivity index (χ0v) is 16.4. The number of hydrogen-bond donors (Lipinski definition) is 2. The van der Waals surface area contributed by atoms with E-state index in [0.29, 0.717) is 22.9 Å². The molecule has 29 heavy (non-hydrogen) atoms. The van der Waals surface area contributed by atoms with Crippen molar-refractivity contribution < 1.29 is 9.59 Å². The molecule has 0 radical (unpaired) electrons. The summed E-state index contributed by atoms with van der Waals surface area (Å²) in [5.74, 6) is 0.942. The fourth-order valence-corrected chi connectivity index (χ4v) is 4.05. The number of nitrogens with zero attached hydrogens (tertiary/aromatic N) is 2. The lowest BCUT2D eigenvalue weighted by atomic mass is 9.91. The molecule has 0 saturated carbocycles. The number of aromatic amines is 1. The number of carbonyl (C=O) groups is 2. The molecular weight excluding hydrogens is 364 g/mol. The molecular formula is C23H24N4O2. The number of piperidine rings is 1. The number of aromatic nitrogens is 2. The molecule has 1 aliphatic carbocycles. The first kappa shape index (κ1) is 19.1. The van der Waals surface area contributed by atoms with Gasteiger partial charge in [-0.15, -0.1) is 0 Å². The molecule has 1 aromatic heterocycles. The van der Waals surface area contributed by atoms with Crippen molar-refractivity contribution in [3.8, 4) is 0 Å². The summed E-state index contributed by atoms with van der Waals surface area (Å²) in [5.41, 5.74) is 3.08. The Labute approximate surface area is 169 Å². The van der Waals surface area contributed by atoms with Gasteiger partial charge in [0.15, 0.2) is 5.78 Å². The van der Waals surface area contributed by atoms with E-state index in [-0.39, 0.29) is 17.4 Å². The number of amides is 1. The number of ketones is 1. The van der Waals surface area contributed by atoms with Crippen LogP contribution in [0.25, 0.3) is 11.1 Å². The minimum absolute atomic E-state index is 0.121. The summed E-state index contributed by atoms with van der Waals surface area (Å²) in [6, 6.07) is 9.40. The zero-order valence-electron chi connectivity index (χ0n) is 16.4. The predicted octanol–water partition coefficient (Wildman–Crippen LogP) is 3.28. The highest BCUT2D eigenvalue weighted by Crippen LogP contribution is 2.26. The molecule has 1 atom stereocenters. The summed E-state index contributed by atoms with van der Waals surface area (Å²) in [7, 11) is 0. The monoisotopic (exact) mass is 388 g/mol. The Balaban J connectivity index is 1.48. The number of allylic oxidation sites excluding steroid dienone is 4. The van der Waals surface area contributed by atoms with Gasteiger partial charge in [-0.3, -0.25) is 9.59 Å². The number of nitrogens with one attached hydrogen (secondary N) is 2. The van der Waals surface area contributed by atoms with E-state index in [1.807, 2.05) is 35.2 Å². The molecule has 0 unspecified atom stereocenters. The summed E-state index contributed by atoms with van der Waals surface area (Å²) in [4.78, 5) is 33.9. The third-order valence-electron chi connectivity index (χ3n) is 5.56. The molecule has 1 fully saturated rings. The van der Waals surface area contributed by atoms with Crippen LogP contribution in [0.4, 0.5) is 0 Å². The predicted molar refractivity (Wildman–Crippen MR) is 112 cm³/mol. The third-order valence-corrected chi connectivity index (χ3v) is 5.56. The Bertz CT molecular complexity index is 1020. The fourth-order valence-electron chi connectivity index (χ4n) is 4.05. The molecule has 1 aliphatic heterocycles. The van der Waals surface area contributed by atoms with Gasteiger partial charge in [0.2, 0.25) is 5.91 Å². The van der Waals surface area contributed by atoms with Gasteiger partial charge in [0, 0.05) is 43.1 Å². The van der Waals surface area contributed by atoms with Crippen LogP contribution in [0, 0.1) is 11.3 Å². The van der Waals surface area contributed by atoms with Crippen LogP contribution in [0.1, 0.15) is 36.8 Å². The van der Waals surface area contributed by atoms with E-state index in [1.54, 1.807) is 19.2 Å². The SMILES string of the molecule is CC(=O)N1CCC[C@@H](Cc2cnc(C3=CC(=O)C(c4ccccc4)=CC3=N)[nH]2)C1. The van der Waals surface area contributed by atoms with E-state index in [2.05, 4.69) is 9.97 Å². The highest BCUT2D eigenvalue weighted by Gasteiger charge is 2.24. The van der Waals surface area contributed by atoms with E-state index in [1.165, 1.54) is 6.08 Å². The highest BCUT2D eigenvalue weighted by molar-refractivity contribution is 6.44. The van der Waals surface area contributed by atoms with Crippen LogP contribution in [-0.2, 0) is 16.0 Å². The van der Waals surface area contributed by atoms with Crippen LogP contribution < -0.4 is 0 Å². The molecule has 0 spiro atoms. The second-order valence-electron chi connectivity index (χ2n) is 7.69. The van der Waals surface area contributed by atoms with E-state index in [0.717, 1.165) is 43.6 Å². The van der Waals surface area contributed by atoms with Crippen molar-refractivity contribution in [3.05, 3.63) is 65.8 Å². The van der Waals surface area contributed by atoms with Gasteiger partial charge in [-0.05, 0) is 42.9 Å². The quantitative estimate of drug-likeness (QED) is 0.788. The van der Waals surface area contributed by atoms with Crippen LogP contribution in [0.3, 0.4) is 0 Å². The molecule has 4 rings (SSSR count). The number of imidazole rings is 1. The molecule has 1 amide bonds. The van der Waals surface area contributed by atoms with Crippen molar-refractivity contribution in [1.82, 2.24) is 14.9 Å². The van der Waals surface area contributed by atoms with Gasteiger partial charge in [-0.25, -0.2) is 4.98 Å². The Morgan fingerprint density at radius 3 is 2.79 bits per heavy atom. The number of benzene rings is 1. The summed E-state index contributed by atoms with van der Waals surface area (Å²) in [6.45, 7) is 3.22. The van der Waals surface area contributed by atoms with Crippen molar-refractivity contribution in [2.24, 2.45) is 5.92 Å². The summed E-state index contributed by atoms with van der Waals surface area (Å²) in [6.07, 6.45) is 7.78. The summed E-state index contributed by atoms with van der Waals surface area (Å²) >= 11 is 0. The van der Waals surface area contributed by atoms with Crippen LogP contribution in [-0.4, -0.2) is 45.4 Å². The average Bonchev–Trinajstić information content (AvgIpc) is 3.18. The Morgan fingerprint density at radius 1 is 1.24 bits per heavy atom. The Hall–Kier alpha value is -3.28. The lowest BCUT2D eigenvalue weighted by Gasteiger charge is -2.31. The fraction of sp³-hybridized carbons (Fsp3) is 0.304. The van der Waals surface area contributed by atoms with Gasteiger partial charge in [-0.2, -0.15) is 0 Å². The van der Waals surface area contributed by atoms with Gasteiger partial charge < -0.3 is 15.3 Å². The maximum absolute atomic E-state index is 12.6. The zero-order chi connectivity index (χ0) is 20.4. The molecule has 1 saturated heterocycles. The second-order valence-corrected chi connectivity index (χ2v) is 7.69. The van der Waals surface area contributed by atoms with Crippen LogP contribution in [0.2, 0.25) is 0 Å². The number of H-pyrrole nitrogens is 1. The molecule has 0 bridgehead atoms. The molecule has 2 heterocycles. The maximum Gasteiger partial charge on any atom is 0.219 e. The van der Waals surface area contributed by atoms with E-state index in [4.69, 9.17) is 5.41 Å². The molecule has 1 aromatic carbocycles. The van der Waals surface area contributed by atoms with Crippen molar-refractivity contribution in [2.45, 2.75) is 26.2 Å². The summed E-state index contributed by atoms with van der Waals surface area (Å²) in [5, 5.41) is 8.39. The number of rotatable bonds is 4. The topological polar surface area (TPSA) is 89.9 Å². The third kappa shape index (κ3) is 4.11. The van der Waals surface area contributed by atoms with Crippen molar-refractivity contribution in [2.75, 3.05) is 13.1 Å². The highest BCUT2D eigenvalue weighted by atomic mass is 16.2. The maximum atomic E-state index is 12.6. The van der Waals surface area contributed by atoms with Gasteiger partial charge in [0.25, 0.3) is 0 Å². The summed E-state index contributed by atoms with van der Waals surface area (Å²) < 4.78 is 0. The molecule has 148 valence electrons. The van der Waals surface area contributed by atoms with Gasteiger partial charge >= 0.3 is 0 Å². The smallest absolute Gasteiger partial charge is 0.219 e. The molecule has 2 aliphatic rings. The van der Waals surface area contributed by atoms with Crippen molar-refractivity contribution in [3.63, 3.8) is 0 Å². The van der Waals surface area contributed by atoms with Crippen LogP contribution >= 0.6 is 0 Å². The van der Waals surface area contributed by atoms with Crippen molar-refractivity contribution >= 4 is 28.5 Å². The van der Waals surface area contributed by atoms with E-state index >= 15 is 0 Å². The second kappa shape index (κ2) is 7.99. The minimum Gasteiger partial charge on any atom is -0.343 e. The average molecular weight is 388 g/mol. The number of hydrogen-bond acceptors (Lipinski definition) is 4. The lowest BCUT2D eigenvalue weighted by Crippen LogP contribution is -2.39. The molecule has 6 heteroatoms. The van der Waals surface area contributed by atoms with Gasteiger partial charge in [0.1, 0.15) is 5.82 Å². The Kier molecular flexibility index (Phi) is 5.25. The Morgan fingerprint density at radius 2 is 2.03 bits per heavy atom. The first-order valence-corrected chi connectivity index (χ1v) is 9.93. The van der Waals surface area contributed by atoms with Crippen LogP contribution in [0.5, 0.6) is 0 Å². The standard InChI is InChI=1S/C23H24N4O2/c1-15(28)27-9-5-6-16(14-27)10-18-13-25-23(26-18)20-12-22(29)19(11-21(20)24)17-7-3-2-4-8-17/h2-4,7-8,11-13,16,24H,5-6,9-10,14H2,1H3,(H,25,26)/t16-/m0/s1. The minimum atomic E-state index is -0.121. The molecule has 6 nitrogen and oxygen atoms in total. The number of likely N-dealkylation sites (tertiary alicyclic amines) is 1. The van der Waals surface area contributed by atoms with Crippen molar-refractivity contribution in [1.29, 1.82) is 5.41 Å². The van der Waals surface area contributed by atoms with E-state index in [9.17, 15) is 9.59 Å². The molecule has 2 aromatic rings. The van der Waals surface area contributed by atoms with Gasteiger partial charge in [0.05, 0.1) is 5.71 Å². The first-order chi connectivity index (χ1) is 14.0. The largest absolute Gasteiger partial charge is 0.343 e. The lowest BCUT2D eigenvalue weighted by molar-refractivity contribution is -0.130.